The van der Waals surface area contributed by atoms with Crippen LogP contribution in [0.3, 0.4) is 0 Å². The van der Waals surface area contributed by atoms with Crippen molar-refractivity contribution in [3.05, 3.63) is 54.6 Å². The Morgan fingerprint density at radius 3 is 2.82 bits per heavy atom. The molecule has 5 heteroatoms. The topological polar surface area (TPSA) is 60.7 Å². The minimum absolute atomic E-state index is 0.419. The number of pyridine rings is 2. The standard InChI is InChI=1S/C17H12N4O/c1-21-16-5-3-11(6-13(16)8-19-21)15-9-18-7-12-2-4-14(10-22)20-17(12)15/h2-10H,1H3. The zero-order valence-electron chi connectivity index (χ0n) is 11.9. The third-order valence-corrected chi connectivity index (χ3v) is 3.80. The molecule has 0 aliphatic heterocycles. The maximum absolute atomic E-state index is 11.0. The van der Waals surface area contributed by atoms with Gasteiger partial charge in [0.2, 0.25) is 0 Å². The molecule has 0 saturated heterocycles. The minimum atomic E-state index is 0.419. The number of aromatic nitrogens is 4. The quantitative estimate of drug-likeness (QED) is 0.532. The van der Waals surface area contributed by atoms with Crippen LogP contribution in [0.2, 0.25) is 0 Å². The van der Waals surface area contributed by atoms with Gasteiger partial charge in [0, 0.05) is 35.8 Å². The van der Waals surface area contributed by atoms with E-state index in [0.717, 1.165) is 39.2 Å². The van der Waals surface area contributed by atoms with Crippen LogP contribution < -0.4 is 0 Å². The molecule has 0 N–H and O–H groups in total. The van der Waals surface area contributed by atoms with Gasteiger partial charge in [0.1, 0.15) is 5.69 Å². The van der Waals surface area contributed by atoms with E-state index in [4.69, 9.17) is 0 Å². The lowest BCUT2D eigenvalue weighted by molar-refractivity contribution is 0.111. The predicted molar refractivity (Wildman–Crippen MR) is 84.6 cm³/mol. The summed E-state index contributed by atoms with van der Waals surface area (Å²) in [5, 5.41) is 6.23. The first-order chi connectivity index (χ1) is 10.8. The molecule has 0 amide bonds. The molecule has 0 atom stereocenters. The summed E-state index contributed by atoms with van der Waals surface area (Å²) in [5.74, 6) is 0. The number of fused-ring (bicyclic) bond motifs is 2. The largest absolute Gasteiger partial charge is 0.296 e. The van der Waals surface area contributed by atoms with Crippen molar-refractivity contribution in [2.24, 2.45) is 7.05 Å². The second kappa shape index (κ2) is 4.73. The fourth-order valence-corrected chi connectivity index (χ4v) is 2.67. The molecule has 0 fully saturated rings. The molecule has 0 radical (unpaired) electrons. The molecule has 0 bridgehead atoms. The molecule has 1 aromatic carbocycles. The lowest BCUT2D eigenvalue weighted by Gasteiger charge is -2.06. The van der Waals surface area contributed by atoms with Gasteiger partial charge >= 0.3 is 0 Å². The summed E-state index contributed by atoms with van der Waals surface area (Å²) < 4.78 is 1.84. The molecule has 0 saturated carbocycles. The van der Waals surface area contributed by atoms with Crippen molar-refractivity contribution in [1.82, 2.24) is 19.7 Å². The number of hydrogen-bond acceptors (Lipinski definition) is 4. The maximum atomic E-state index is 11.0. The second-order valence-electron chi connectivity index (χ2n) is 5.15. The fraction of sp³-hybridized carbons (Fsp3) is 0.0588. The average molecular weight is 288 g/mol. The average Bonchev–Trinajstić information content (AvgIpc) is 2.94. The highest BCUT2D eigenvalue weighted by molar-refractivity contribution is 5.96. The summed E-state index contributed by atoms with van der Waals surface area (Å²) in [6, 6.07) is 9.68. The molecule has 3 heterocycles. The maximum Gasteiger partial charge on any atom is 0.168 e. The lowest BCUT2D eigenvalue weighted by atomic mass is 10.0. The predicted octanol–water partition coefficient (Wildman–Crippen LogP) is 3.00. The number of aldehydes is 1. The highest BCUT2D eigenvalue weighted by atomic mass is 16.1. The molecule has 4 rings (SSSR count). The number of aryl methyl sites for hydroxylation is 1. The monoisotopic (exact) mass is 288 g/mol. The molecule has 106 valence electrons. The van der Waals surface area contributed by atoms with Crippen LogP contribution in [-0.4, -0.2) is 26.0 Å². The Kier molecular flexibility index (Phi) is 2.72. The Morgan fingerprint density at radius 2 is 1.95 bits per heavy atom. The van der Waals surface area contributed by atoms with Crippen molar-refractivity contribution in [2.75, 3.05) is 0 Å². The number of nitrogens with zero attached hydrogens (tertiary/aromatic N) is 4. The fourth-order valence-electron chi connectivity index (χ4n) is 2.67. The Labute approximate surface area is 126 Å². The zero-order chi connectivity index (χ0) is 15.1. The van der Waals surface area contributed by atoms with Gasteiger partial charge in [0.05, 0.1) is 17.2 Å². The van der Waals surface area contributed by atoms with E-state index in [1.54, 1.807) is 18.5 Å². The van der Waals surface area contributed by atoms with Gasteiger partial charge < -0.3 is 0 Å². The first-order valence-corrected chi connectivity index (χ1v) is 6.88. The van der Waals surface area contributed by atoms with Crippen molar-refractivity contribution in [3.63, 3.8) is 0 Å². The van der Waals surface area contributed by atoms with E-state index in [1.807, 2.05) is 36.1 Å². The van der Waals surface area contributed by atoms with Crippen molar-refractivity contribution in [2.45, 2.75) is 0 Å². The Balaban J connectivity index is 2.00. The van der Waals surface area contributed by atoms with Crippen molar-refractivity contribution >= 4 is 28.1 Å². The minimum Gasteiger partial charge on any atom is -0.296 e. The van der Waals surface area contributed by atoms with E-state index in [2.05, 4.69) is 21.1 Å². The SMILES string of the molecule is Cn1ncc2cc(-c3cncc4ccc(C=O)nc34)ccc21. The van der Waals surface area contributed by atoms with E-state index < -0.39 is 0 Å². The third-order valence-electron chi connectivity index (χ3n) is 3.80. The van der Waals surface area contributed by atoms with Gasteiger partial charge in [-0.15, -0.1) is 0 Å². The van der Waals surface area contributed by atoms with E-state index in [0.29, 0.717) is 5.69 Å². The molecular weight excluding hydrogens is 276 g/mol. The van der Waals surface area contributed by atoms with Crippen molar-refractivity contribution in [3.8, 4) is 11.1 Å². The number of hydrogen-bond donors (Lipinski definition) is 0. The van der Waals surface area contributed by atoms with E-state index in [1.165, 1.54) is 0 Å². The molecule has 0 aliphatic rings. The third kappa shape index (κ3) is 1.87. The molecule has 3 aromatic heterocycles. The van der Waals surface area contributed by atoms with E-state index in [9.17, 15) is 4.79 Å². The number of carbonyl (C=O) groups excluding carboxylic acids is 1. The van der Waals surface area contributed by atoms with Crippen molar-refractivity contribution < 1.29 is 4.79 Å². The van der Waals surface area contributed by atoms with Gasteiger partial charge in [0.15, 0.2) is 6.29 Å². The Bertz CT molecular complexity index is 1020. The highest BCUT2D eigenvalue weighted by Gasteiger charge is 2.09. The molecular formula is C17H12N4O. The van der Waals surface area contributed by atoms with Crippen LogP contribution in [0.5, 0.6) is 0 Å². The van der Waals surface area contributed by atoms with Gasteiger partial charge in [-0.1, -0.05) is 6.07 Å². The highest BCUT2D eigenvalue weighted by Crippen LogP contribution is 2.28. The first-order valence-electron chi connectivity index (χ1n) is 6.88. The second-order valence-corrected chi connectivity index (χ2v) is 5.15. The van der Waals surface area contributed by atoms with Crippen LogP contribution in [-0.2, 0) is 7.05 Å². The number of benzene rings is 1. The number of carbonyl (C=O) groups is 1. The van der Waals surface area contributed by atoms with Crippen LogP contribution >= 0.6 is 0 Å². The molecule has 0 unspecified atom stereocenters. The summed E-state index contributed by atoms with van der Waals surface area (Å²) in [5.41, 5.74) is 4.19. The Hall–Kier alpha value is -3.08. The van der Waals surface area contributed by atoms with Gasteiger partial charge in [0.25, 0.3) is 0 Å². The van der Waals surface area contributed by atoms with Crippen LogP contribution in [0.15, 0.2) is 48.9 Å². The zero-order valence-corrected chi connectivity index (χ0v) is 11.9. The molecule has 22 heavy (non-hydrogen) atoms. The summed E-state index contributed by atoms with van der Waals surface area (Å²) in [6.45, 7) is 0. The van der Waals surface area contributed by atoms with E-state index in [-0.39, 0.29) is 0 Å². The summed E-state index contributed by atoms with van der Waals surface area (Å²) in [7, 11) is 1.92. The van der Waals surface area contributed by atoms with Crippen LogP contribution in [0.4, 0.5) is 0 Å². The molecule has 0 spiro atoms. The normalized spacial score (nSPS) is 11.1. The smallest absolute Gasteiger partial charge is 0.168 e. The van der Waals surface area contributed by atoms with Gasteiger partial charge in [-0.05, 0) is 29.8 Å². The van der Waals surface area contributed by atoms with Crippen molar-refractivity contribution in [1.29, 1.82) is 0 Å². The van der Waals surface area contributed by atoms with E-state index >= 15 is 0 Å². The van der Waals surface area contributed by atoms with Crippen LogP contribution in [0.1, 0.15) is 10.5 Å². The summed E-state index contributed by atoms with van der Waals surface area (Å²) in [6.07, 6.45) is 6.13. The molecule has 0 aliphatic carbocycles. The lowest BCUT2D eigenvalue weighted by Crippen LogP contribution is -1.92. The van der Waals surface area contributed by atoms with Gasteiger partial charge in [-0.2, -0.15) is 5.10 Å². The summed E-state index contributed by atoms with van der Waals surface area (Å²) >= 11 is 0. The Morgan fingerprint density at radius 1 is 1.05 bits per heavy atom. The molecule has 5 nitrogen and oxygen atoms in total. The summed E-state index contributed by atoms with van der Waals surface area (Å²) in [4.78, 5) is 19.7. The molecule has 4 aromatic rings. The first kappa shape index (κ1) is 12.6. The van der Waals surface area contributed by atoms with Gasteiger partial charge in [-0.25, -0.2) is 4.98 Å². The van der Waals surface area contributed by atoms with Gasteiger partial charge in [-0.3, -0.25) is 14.5 Å². The number of rotatable bonds is 2. The van der Waals surface area contributed by atoms with Crippen LogP contribution in [0.25, 0.3) is 32.9 Å². The van der Waals surface area contributed by atoms with Crippen LogP contribution in [0, 0.1) is 0 Å².